The summed E-state index contributed by atoms with van der Waals surface area (Å²) >= 11 is 0. The predicted octanol–water partition coefficient (Wildman–Crippen LogP) is 3.30. The summed E-state index contributed by atoms with van der Waals surface area (Å²) in [6.45, 7) is 1.99. The van der Waals surface area contributed by atoms with Crippen molar-refractivity contribution in [2.24, 2.45) is 0 Å². The fraction of sp³-hybridized carbons (Fsp3) is 0.0588. The van der Waals surface area contributed by atoms with E-state index in [-0.39, 0.29) is 0 Å². The SMILES string of the molecule is Cc1ccc(C#N)c(-n2cc(-c3cccc(N)c3)cn2)c1. The van der Waals surface area contributed by atoms with Crippen molar-refractivity contribution in [2.75, 3.05) is 5.73 Å². The van der Waals surface area contributed by atoms with E-state index >= 15 is 0 Å². The van der Waals surface area contributed by atoms with Crippen LogP contribution in [0.1, 0.15) is 11.1 Å². The summed E-state index contributed by atoms with van der Waals surface area (Å²) in [6, 6.07) is 15.5. The van der Waals surface area contributed by atoms with Crippen LogP contribution in [0.4, 0.5) is 5.69 Å². The molecule has 2 N–H and O–H groups in total. The smallest absolute Gasteiger partial charge is 0.101 e. The Morgan fingerprint density at radius 3 is 2.76 bits per heavy atom. The van der Waals surface area contributed by atoms with Gasteiger partial charge in [0.15, 0.2) is 0 Å². The van der Waals surface area contributed by atoms with Gasteiger partial charge in [0.2, 0.25) is 0 Å². The summed E-state index contributed by atoms with van der Waals surface area (Å²) < 4.78 is 1.73. The number of aryl methyl sites for hydroxylation is 1. The first kappa shape index (κ1) is 12.9. The molecule has 1 heterocycles. The molecule has 0 aliphatic rings. The van der Waals surface area contributed by atoms with Crippen molar-refractivity contribution in [3.63, 3.8) is 0 Å². The third-order valence-corrected chi connectivity index (χ3v) is 3.32. The Morgan fingerprint density at radius 1 is 1.14 bits per heavy atom. The van der Waals surface area contributed by atoms with E-state index < -0.39 is 0 Å². The van der Waals surface area contributed by atoms with E-state index in [1.165, 1.54) is 0 Å². The van der Waals surface area contributed by atoms with Crippen molar-refractivity contribution < 1.29 is 0 Å². The average molecular weight is 274 g/mol. The molecule has 0 radical (unpaired) electrons. The van der Waals surface area contributed by atoms with Crippen molar-refractivity contribution in [3.8, 4) is 22.9 Å². The Balaban J connectivity index is 2.07. The van der Waals surface area contributed by atoms with Gasteiger partial charge < -0.3 is 5.73 Å². The van der Waals surface area contributed by atoms with Gasteiger partial charge in [0, 0.05) is 17.4 Å². The maximum atomic E-state index is 9.22. The fourth-order valence-electron chi connectivity index (χ4n) is 2.25. The molecule has 21 heavy (non-hydrogen) atoms. The average Bonchev–Trinajstić information content (AvgIpc) is 2.97. The highest BCUT2D eigenvalue weighted by Gasteiger charge is 2.08. The Bertz CT molecular complexity index is 840. The second-order valence-electron chi connectivity index (χ2n) is 4.93. The summed E-state index contributed by atoms with van der Waals surface area (Å²) in [5.41, 5.74) is 11.0. The molecule has 4 nitrogen and oxygen atoms in total. The van der Waals surface area contributed by atoms with Gasteiger partial charge in [-0.2, -0.15) is 10.4 Å². The molecule has 0 saturated carbocycles. The van der Waals surface area contributed by atoms with Gasteiger partial charge >= 0.3 is 0 Å². The van der Waals surface area contributed by atoms with Gasteiger partial charge in [0.05, 0.1) is 17.4 Å². The van der Waals surface area contributed by atoms with E-state index in [0.29, 0.717) is 11.3 Å². The summed E-state index contributed by atoms with van der Waals surface area (Å²) in [5.74, 6) is 0. The summed E-state index contributed by atoms with van der Waals surface area (Å²) in [4.78, 5) is 0. The summed E-state index contributed by atoms with van der Waals surface area (Å²) in [5, 5.41) is 13.6. The van der Waals surface area contributed by atoms with Gasteiger partial charge in [-0.15, -0.1) is 0 Å². The molecular weight excluding hydrogens is 260 g/mol. The number of rotatable bonds is 2. The van der Waals surface area contributed by atoms with Crippen LogP contribution in [0.2, 0.25) is 0 Å². The molecule has 0 atom stereocenters. The lowest BCUT2D eigenvalue weighted by Crippen LogP contribution is -1.98. The quantitative estimate of drug-likeness (QED) is 0.729. The second kappa shape index (κ2) is 5.14. The summed E-state index contributed by atoms with van der Waals surface area (Å²) in [7, 11) is 0. The zero-order valence-corrected chi connectivity index (χ0v) is 11.6. The number of nitrogens with two attached hydrogens (primary N) is 1. The Morgan fingerprint density at radius 2 is 2.00 bits per heavy atom. The third-order valence-electron chi connectivity index (χ3n) is 3.32. The van der Waals surface area contributed by atoms with Gasteiger partial charge in [-0.1, -0.05) is 18.2 Å². The van der Waals surface area contributed by atoms with E-state index in [0.717, 1.165) is 22.4 Å². The standard InChI is InChI=1S/C17H14N4/c1-12-5-6-14(9-18)17(7-12)21-11-15(10-20-21)13-3-2-4-16(19)8-13/h2-8,10-11H,19H2,1H3. The molecule has 0 spiro atoms. The second-order valence-corrected chi connectivity index (χ2v) is 4.93. The topological polar surface area (TPSA) is 67.6 Å². The zero-order chi connectivity index (χ0) is 14.8. The molecule has 1 aromatic heterocycles. The molecule has 3 rings (SSSR count). The maximum Gasteiger partial charge on any atom is 0.101 e. The van der Waals surface area contributed by atoms with Crippen molar-refractivity contribution in [1.29, 1.82) is 5.26 Å². The van der Waals surface area contributed by atoms with Crippen LogP contribution in [0.3, 0.4) is 0 Å². The van der Waals surface area contributed by atoms with E-state index in [1.807, 2.05) is 55.6 Å². The van der Waals surface area contributed by atoms with E-state index in [9.17, 15) is 5.26 Å². The van der Waals surface area contributed by atoms with Crippen LogP contribution in [0.5, 0.6) is 0 Å². The van der Waals surface area contributed by atoms with E-state index in [2.05, 4.69) is 11.2 Å². The highest BCUT2D eigenvalue weighted by Crippen LogP contribution is 2.23. The maximum absolute atomic E-state index is 9.22. The van der Waals surface area contributed by atoms with E-state index in [1.54, 1.807) is 10.9 Å². The van der Waals surface area contributed by atoms with Crippen LogP contribution in [0.25, 0.3) is 16.8 Å². The number of hydrogen-bond donors (Lipinski definition) is 1. The third kappa shape index (κ3) is 2.49. The highest BCUT2D eigenvalue weighted by atomic mass is 15.3. The lowest BCUT2D eigenvalue weighted by molar-refractivity contribution is 0.876. The number of anilines is 1. The molecule has 0 aliphatic heterocycles. The number of benzene rings is 2. The molecule has 0 fully saturated rings. The largest absolute Gasteiger partial charge is 0.399 e. The lowest BCUT2D eigenvalue weighted by atomic mass is 10.1. The molecule has 0 amide bonds. The molecule has 3 aromatic rings. The van der Waals surface area contributed by atoms with Crippen molar-refractivity contribution >= 4 is 5.69 Å². The first-order chi connectivity index (χ1) is 10.2. The number of nitrogens with zero attached hydrogens (tertiary/aromatic N) is 3. The zero-order valence-electron chi connectivity index (χ0n) is 11.6. The van der Waals surface area contributed by atoms with Crippen LogP contribution in [0, 0.1) is 18.3 Å². The van der Waals surface area contributed by atoms with Crippen LogP contribution < -0.4 is 5.73 Å². The minimum Gasteiger partial charge on any atom is -0.399 e. The molecule has 4 heteroatoms. The van der Waals surface area contributed by atoms with Crippen molar-refractivity contribution in [3.05, 3.63) is 66.0 Å². The van der Waals surface area contributed by atoms with Crippen LogP contribution in [0.15, 0.2) is 54.9 Å². The van der Waals surface area contributed by atoms with Crippen LogP contribution in [-0.4, -0.2) is 9.78 Å². The minimum atomic E-state index is 0.600. The minimum absolute atomic E-state index is 0.600. The van der Waals surface area contributed by atoms with Crippen molar-refractivity contribution in [1.82, 2.24) is 9.78 Å². The van der Waals surface area contributed by atoms with Gasteiger partial charge in [-0.05, 0) is 42.3 Å². The molecule has 0 saturated heterocycles. The van der Waals surface area contributed by atoms with Gasteiger partial charge in [-0.3, -0.25) is 0 Å². The molecular formula is C17H14N4. The van der Waals surface area contributed by atoms with E-state index in [4.69, 9.17) is 5.73 Å². The Labute approximate surface area is 123 Å². The van der Waals surface area contributed by atoms with Gasteiger partial charge in [-0.25, -0.2) is 4.68 Å². The number of nitrogen functional groups attached to an aromatic ring is 1. The Kier molecular flexibility index (Phi) is 3.17. The van der Waals surface area contributed by atoms with Crippen LogP contribution in [-0.2, 0) is 0 Å². The summed E-state index contributed by atoms with van der Waals surface area (Å²) in [6.07, 6.45) is 3.68. The number of nitriles is 1. The normalized spacial score (nSPS) is 10.3. The molecule has 0 bridgehead atoms. The first-order valence-corrected chi connectivity index (χ1v) is 6.59. The predicted molar refractivity (Wildman–Crippen MR) is 82.9 cm³/mol. The van der Waals surface area contributed by atoms with Crippen LogP contribution >= 0.6 is 0 Å². The highest BCUT2D eigenvalue weighted by molar-refractivity contribution is 5.66. The first-order valence-electron chi connectivity index (χ1n) is 6.59. The monoisotopic (exact) mass is 274 g/mol. The fourth-order valence-corrected chi connectivity index (χ4v) is 2.25. The van der Waals surface area contributed by atoms with Gasteiger partial charge in [0.25, 0.3) is 0 Å². The van der Waals surface area contributed by atoms with Gasteiger partial charge in [0.1, 0.15) is 6.07 Å². The molecule has 0 unspecified atom stereocenters. The Hall–Kier alpha value is -3.06. The lowest BCUT2D eigenvalue weighted by Gasteiger charge is -2.05. The number of aromatic nitrogens is 2. The molecule has 0 aliphatic carbocycles. The van der Waals surface area contributed by atoms with Crippen molar-refractivity contribution in [2.45, 2.75) is 6.92 Å². The molecule has 2 aromatic carbocycles. The number of hydrogen-bond acceptors (Lipinski definition) is 3. The molecule has 102 valence electrons.